The van der Waals surface area contributed by atoms with E-state index >= 15 is 0 Å². The lowest BCUT2D eigenvalue weighted by Crippen LogP contribution is -1.83. The highest BCUT2D eigenvalue weighted by Crippen LogP contribution is 2.15. The largest absolute Gasteiger partial charge is 0.298 e. The number of aldehydes is 1. The normalized spacial score (nSPS) is 8.73. The summed E-state index contributed by atoms with van der Waals surface area (Å²) in [5.74, 6) is 0. The van der Waals surface area contributed by atoms with Crippen molar-refractivity contribution in [2.45, 2.75) is 6.92 Å². The van der Waals surface area contributed by atoms with E-state index < -0.39 is 0 Å². The van der Waals surface area contributed by atoms with Gasteiger partial charge >= 0.3 is 0 Å². The van der Waals surface area contributed by atoms with Gasteiger partial charge < -0.3 is 0 Å². The Hall–Kier alpha value is -1.62. The van der Waals surface area contributed by atoms with Gasteiger partial charge in [-0.1, -0.05) is 23.8 Å². The zero-order valence-corrected chi connectivity index (χ0v) is 6.16. The summed E-state index contributed by atoms with van der Waals surface area (Å²) in [5, 5.41) is 0. The van der Waals surface area contributed by atoms with E-state index in [-0.39, 0.29) is 0 Å². The highest BCUT2D eigenvalue weighted by molar-refractivity contribution is 5.78. The second kappa shape index (κ2) is 2.98. The maximum atomic E-state index is 10.3. The Bertz CT molecular complexity index is 323. The van der Waals surface area contributed by atoms with Gasteiger partial charge in [0.15, 0.2) is 5.69 Å². The van der Waals surface area contributed by atoms with Crippen molar-refractivity contribution in [1.29, 1.82) is 0 Å². The highest BCUT2D eigenvalue weighted by Gasteiger charge is 1.96. The Morgan fingerprint density at radius 3 is 2.73 bits per heavy atom. The van der Waals surface area contributed by atoms with E-state index in [9.17, 15) is 4.79 Å². The minimum absolute atomic E-state index is 0.577. The molecule has 0 amide bonds. The van der Waals surface area contributed by atoms with Crippen LogP contribution in [0.15, 0.2) is 18.2 Å². The van der Waals surface area contributed by atoms with E-state index in [2.05, 4.69) is 4.85 Å². The van der Waals surface area contributed by atoms with Gasteiger partial charge in [-0.3, -0.25) is 4.79 Å². The van der Waals surface area contributed by atoms with Gasteiger partial charge in [0.1, 0.15) is 6.29 Å². The van der Waals surface area contributed by atoms with Crippen LogP contribution in [0.3, 0.4) is 0 Å². The molecule has 0 N–H and O–H groups in total. The average molecular weight is 145 g/mol. The van der Waals surface area contributed by atoms with E-state index in [1.807, 2.05) is 6.92 Å². The molecule has 1 rings (SSSR count). The Morgan fingerprint density at radius 1 is 1.55 bits per heavy atom. The number of rotatable bonds is 1. The van der Waals surface area contributed by atoms with Crippen molar-refractivity contribution in [2.75, 3.05) is 0 Å². The third kappa shape index (κ3) is 1.44. The molecule has 0 aliphatic carbocycles. The maximum Gasteiger partial charge on any atom is 0.187 e. The summed E-state index contributed by atoms with van der Waals surface area (Å²) in [6, 6.07) is 5.01. The molecule has 0 heterocycles. The number of benzene rings is 1. The first-order valence-electron chi connectivity index (χ1n) is 3.21. The fraction of sp³-hybridized carbons (Fsp3) is 0.111. The number of hydrogen-bond donors (Lipinski definition) is 0. The minimum Gasteiger partial charge on any atom is -0.298 e. The van der Waals surface area contributed by atoms with Crippen LogP contribution in [0.1, 0.15) is 15.9 Å². The highest BCUT2D eigenvalue weighted by atomic mass is 16.1. The molecule has 0 aliphatic heterocycles. The first-order valence-corrected chi connectivity index (χ1v) is 3.21. The summed E-state index contributed by atoms with van der Waals surface area (Å²) >= 11 is 0. The Balaban J connectivity index is 3.22. The molecule has 54 valence electrons. The fourth-order valence-corrected chi connectivity index (χ4v) is 0.862. The molecule has 0 spiro atoms. The lowest BCUT2D eigenvalue weighted by Gasteiger charge is -1.96. The average Bonchev–Trinajstić information content (AvgIpc) is 2.04. The molecule has 2 nitrogen and oxygen atoms in total. The van der Waals surface area contributed by atoms with Crippen molar-refractivity contribution in [3.63, 3.8) is 0 Å². The molecule has 11 heavy (non-hydrogen) atoms. The SMILES string of the molecule is [C-]#[N+]c1ccc(C=O)c(C)c1. The number of aryl methyl sites for hydroxylation is 1. The van der Waals surface area contributed by atoms with Crippen molar-refractivity contribution in [3.05, 3.63) is 40.7 Å². The van der Waals surface area contributed by atoms with Gasteiger partial charge in [0, 0.05) is 5.56 Å². The molecule has 0 aliphatic rings. The van der Waals surface area contributed by atoms with E-state index in [0.29, 0.717) is 11.3 Å². The van der Waals surface area contributed by atoms with Gasteiger partial charge in [-0.05, 0) is 6.92 Å². The molecular formula is C9H7NO. The summed E-state index contributed by atoms with van der Waals surface area (Å²) in [6.07, 6.45) is 0.795. The summed E-state index contributed by atoms with van der Waals surface area (Å²) < 4.78 is 0. The summed E-state index contributed by atoms with van der Waals surface area (Å²) in [4.78, 5) is 13.6. The number of nitrogens with zero attached hydrogens (tertiary/aromatic N) is 1. The smallest absolute Gasteiger partial charge is 0.187 e. The molecule has 0 bridgehead atoms. The summed E-state index contributed by atoms with van der Waals surface area (Å²) in [7, 11) is 0. The predicted octanol–water partition coefficient (Wildman–Crippen LogP) is 2.36. The predicted molar refractivity (Wildman–Crippen MR) is 42.8 cm³/mol. The van der Waals surface area contributed by atoms with Crippen molar-refractivity contribution in [3.8, 4) is 0 Å². The lowest BCUT2D eigenvalue weighted by molar-refractivity contribution is 0.112. The van der Waals surface area contributed by atoms with Crippen molar-refractivity contribution in [1.82, 2.24) is 0 Å². The monoisotopic (exact) mass is 145 g/mol. The molecule has 0 unspecified atom stereocenters. The Kier molecular flexibility index (Phi) is 2.03. The van der Waals surface area contributed by atoms with Crippen molar-refractivity contribution in [2.24, 2.45) is 0 Å². The topological polar surface area (TPSA) is 21.4 Å². The van der Waals surface area contributed by atoms with Crippen LogP contribution in [0.4, 0.5) is 5.69 Å². The third-order valence-electron chi connectivity index (χ3n) is 1.51. The zero-order valence-electron chi connectivity index (χ0n) is 6.16. The first-order chi connectivity index (χ1) is 5.27. The van der Waals surface area contributed by atoms with E-state index in [1.54, 1.807) is 18.2 Å². The van der Waals surface area contributed by atoms with Crippen LogP contribution in [0.2, 0.25) is 0 Å². The maximum absolute atomic E-state index is 10.3. The second-order valence-electron chi connectivity index (χ2n) is 2.27. The van der Waals surface area contributed by atoms with E-state index in [0.717, 1.165) is 11.8 Å². The van der Waals surface area contributed by atoms with Gasteiger partial charge in [-0.2, -0.15) is 0 Å². The van der Waals surface area contributed by atoms with Crippen molar-refractivity contribution >= 4 is 12.0 Å². The molecule has 0 radical (unpaired) electrons. The lowest BCUT2D eigenvalue weighted by atomic mass is 10.1. The van der Waals surface area contributed by atoms with E-state index in [4.69, 9.17) is 6.57 Å². The molecule has 2 heteroatoms. The van der Waals surface area contributed by atoms with Crippen LogP contribution in [-0.2, 0) is 0 Å². The molecule has 0 atom stereocenters. The van der Waals surface area contributed by atoms with Gasteiger partial charge in [-0.15, -0.1) is 0 Å². The molecular weight excluding hydrogens is 138 g/mol. The number of hydrogen-bond acceptors (Lipinski definition) is 1. The van der Waals surface area contributed by atoms with Gasteiger partial charge in [0.2, 0.25) is 0 Å². The molecule has 1 aromatic rings. The molecule has 0 saturated heterocycles. The number of carbonyl (C=O) groups excluding carboxylic acids is 1. The molecule has 0 fully saturated rings. The molecule has 1 aromatic carbocycles. The van der Waals surface area contributed by atoms with Crippen molar-refractivity contribution < 1.29 is 4.79 Å². The Labute approximate surface area is 65.3 Å². The second-order valence-corrected chi connectivity index (χ2v) is 2.27. The van der Waals surface area contributed by atoms with Crippen LogP contribution in [0.25, 0.3) is 4.85 Å². The van der Waals surface area contributed by atoms with E-state index in [1.165, 1.54) is 0 Å². The quantitative estimate of drug-likeness (QED) is 0.439. The third-order valence-corrected chi connectivity index (χ3v) is 1.51. The Morgan fingerprint density at radius 2 is 2.27 bits per heavy atom. The zero-order chi connectivity index (χ0) is 8.27. The summed E-state index contributed by atoms with van der Waals surface area (Å²) in [5.41, 5.74) is 2.08. The number of carbonyl (C=O) groups is 1. The fourth-order valence-electron chi connectivity index (χ4n) is 0.862. The van der Waals surface area contributed by atoms with Gasteiger partial charge in [0.25, 0.3) is 0 Å². The molecule has 0 aromatic heterocycles. The molecule has 0 saturated carbocycles. The van der Waals surface area contributed by atoms with Crippen LogP contribution >= 0.6 is 0 Å². The summed E-state index contributed by atoms with van der Waals surface area (Å²) in [6.45, 7) is 8.52. The standard InChI is InChI=1S/C9H7NO/c1-7-5-9(10-2)4-3-8(7)6-11/h3-6H,1H3. The van der Waals surface area contributed by atoms with Crippen LogP contribution < -0.4 is 0 Å². The van der Waals surface area contributed by atoms with Gasteiger partial charge in [-0.25, -0.2) is 4.85 Å². The van der Waals surface area contributed by atoms with Gasteiger partial charge in [0.05, 0.1) is 6.57 Å². The first kappa shape index (κ1) is 7.49. The van der Waals surface area contributed by atoms with Crippen LogP contribution in [0, 0.1) is 13.5 Å². The van der Waals surface area contributed by atoms with Crippen LogP contribution in [0.5, 0.6) is 0 Å². The van der Waals surface area contributed by atoms with Crippen LogP contribution in [-0.4, -0.2) is 6.29 Å². The minimum atomic E-state index is 0.577.